The van der Waals surface area contributed by atoms with Gasteiger partial charge in [0, 0.05) is 18.2 Å². The minimum absolute atomic E-state index is 0.123. The molecule has 0 saturated heterocycles. The number of aromatic carboxylic acids is 1. The van der Waals surface area contributed by atoms with E-state index in [9.17, 15) is 9.90 Å². The highest BCUT2D eigenvalue weighted by molar-refractivity contribution is 5.92. The summed E-state index contributed by atoms with van der Waals surface area (Å²) in [5, 5.41) is 15.0. The van der Waals surface area contributed by atoms with E-state index in [1.807, 2.05) is 25.1 Å². The Labute approximate surface area is 192 Å². The third-order valence-corrected chi connectivity index (χ3v) is 5.32. The second kappa shape index (κ2) is 9.99. The maximum Gasteiger partial charge on any atom is 0.339 e. The van der Waals surface area contributed by atoms with Crippen LogP contribution in [0.25, 0.3) is 22.0 Å². The second-order valence-electron chi connectivity index (χ2n) is 7.43. The van der Waals surface area contributed by atoms with E-state index < -0.39 is 5.97 Å². The van der Waals surface area contributed by atoms with E-state index in [4.69, 9.17) is 9.47 Å². The first kappa shape index (κ1) is 22.1. The Morgan fingerprint density at radius 3 is 2.52 bits per heavy atom. The van der Waals surface area contributed by atoms with Crippen LogP contribution in [0.2, 0.25) is 0 Å². The first-order valence-corrected chi connectivity index (χ1v) is 10.7. The number of ether oxygens (including phenoxy) is 2. The number of hydrogen-bond acceptors (Lipinski definition) is 6. The summed E-state index contributed by atoms with van der Waals surface area (Å²) >= 11 is 0. The number of benzene rings is 3. The molecule has 0 aliphatic heterocycles. The van der Waals surface area contributed by atoms with Gasteiger partial charge in [0.25, 0.3) is 0 Å². The largest absolute Gasteiger partial charge is 0.496 e. The topological polar surface area (TPSA) is 93.6 Å². The molecule has 4 aromatic rings. The SMILES string of the molecule is CCOc1cc(-c2cc(NCCc3cc4ccccc4cc3OC)ncn2)ccc1C(=O)O. The highest BCUT2D eigenvalue weighted by atomic mass is 16.5. The fourth-order valence-corrected chi connectivity index (χ4v) is 3.72. The molecule has 3 aromatic carbocycles. The maximum atomic E-state index is 11.4. The zero-order chi connectivity index (χ0) is 23.2. The zero-order valence-corrected chi connectivity index (χ0v) is 18.5. The van der Waals surface area contributed by atoms with Gasteiger partial charge in [-0.3, -0.25) is 0 Å². The van der Waals surface area contributed by atoms with Crippen molar-refractivity contribution in [3.63, 3.8) is 0 Å². The van der Waals surface area contributed by atoms with Crippen molar-refractivity contribution in [1.82, 2.24) is 9.97 Å². The van der Waals surface area contributed by atoms with Gasteiger partial charge in [0.05, 0.1) is 19.4 Å². The number of rotatable bonds is 9. The van der Waals surface area contributed by atoms with E-state index in [1.165, 1.54) is 17.8 Å². The molecule has 0 amide bonds. The normalized spacial score (nSPS) is 10.7. The number of nitrogens with one attached hydrogen (secondary N) is 1. The molecule has 0 unspecified atom stereocenters. The van der Waals surface area contributed by atoms with Crippen LogP contribution in [-0.2, 0) is 6.42 Å². The fraction of sp³-hybridized carbons (Fsp3) is 0.192. The van der Waals surface area contributed by atoms with Gasteiger partial charge in [-0.1, -0.05) is 30.3 Å². The van der Waals surface area contributed by atoms with Crippen molar-refractivity contribution in [2.75, 3.05) is 25.6 Å². The van der Waals surface area contributed by atoms with E-state index in [2.05, 4.69) is 39.6 Å². The molecular weight excluding hydrogens is 418 g/mol. The molecule has 0 aliphatic carbocycles. The minimum atomic E-state index is -1.03. The van der Waals surface area contributed by atoms with Crippen molar-refractivity contribution in [3.8, 4) is 22.8 Å². The quantitative estimate of drug-likeness (QED) is 0.374. The highest BCUT2D eigenvalue weighted by Gasteiger charge is 2.13. The number of methoxy groups -OCH3 is 1. The lowest BCUT2D eigenvalue weighted by Crippen LogP contribution is -2.08. The van der Waals surface area contributed by atoms with Gasteiger partial charge in [-0.2, -0.15) is 0 Å². The Hall–Kier alpha value is -4.13. The van der Waals surface area contributed by atoms with Gasteiger partial charge in [-0.25, -0.2) is 14.8 Å². The van der Waals surface area contributed by atoms with Gasteiger partial charge in [-0.05, 0) is 53.9 Å². The Kier molecular flexibility index (Phi) is 6.69. The molecule has 2 N–H and O–H groups in total. The average Bonchev–Trinajstić information content (AvgIpc) is 2.83. The van der Waals surface area contributed by atoms with Crippen molar-refractivity contribution in [1.29, 1.82) is 0 Å². The van der Waals surface area contributed by atoms with Crippen LogP contribution in [-0.4, -0.2) is 41.3 Å². The summed E-state index contributed by atoms with van der Waals surface area (Å²) in [6, 6.07) is 19.2. The summed E-state index contributed by atoms with van der Waals surface area (Å²) in [5.74, 6) is 0.832. The predicted octanol–water partition coefficient (Wildman–Crippen LogP) is 5.06. The summed E-state index contributed by atoms with van der Waals surface area (Å²) in [6.45, 7) is 2.85. The number of hydrogen-bond donors (Lipinski definition) is 2. The molecule has 1 heterocycles. The molecule has 0 fully saturated rings. The van der Waals surface area contributed by atoms with Gasteiger partial charge in [0.1, 0.15) is 29.2 Å². The van der Waals surface area contributed by atoms with E-state index in [-0.39, 0.29) is 5.56 Å². The Morgan fingerprint density at radius 2 is 1.79 bits per heavy atom. The number of fused-ring (bicyclic) bond motifs is 1. The van der Waals surface area contributed by atoms with Gasteiger partial charge >= 0.3 is 5.97 Å². The number of nitrogens with zero attached hydrogens (tertiary/aromatic N) is 2. The Morgan fingerprint density at radius 1 is 1.00 bits per heavy atom. The van der Waals surface area contributed by atoms with E-state index in [1.54, 1.807) is 19.2 Å². The zero-order valence-electron chi connectivity index (χ0n) is 18.5. The molecule has 7 heteroatoms. The third kappa shape index (κ3) is 5.03. The molecule has 0 atom stereocenters. The summed E-state index contributed by atoms with van der Waals surface area (Å²) in [4.78, 5) is 20.1. The van der Waals surface area contributed by atoms with Crippen LogP contribution >= 0.6 is 0 Å². The van der Waals surface area contributed by atoms with Crippen molar-refractivity contribution in [3.05, 3.63) is 78.1 Å². The maximum absolute atomic E-state index is 11.4. The number of aromatic nitrogens is 2. The molecule has 1 aromatic heterocycles. The van der Waals surface area contributed by atoms with E-state index in [0.29, 0.717) is 30.4 Å². The van der Waals surface area contributed by atoms with E-state index in [0.717, 1.165) is 28.7 Å². The summed E-state index contributed by atoms with van der Waals surface area (Å²) in [7, 11) is 1.68. The molecule has 33 heavy (non-hydrogen) atoms. The molecule has 0 radical (unpaired) electrons. The van der Waals surface area contributed by atoms with Gasteiger partial charge in [0.15, 0.2) is 0 Å². The van der Waals surface area contributed by atoms with Crippen molar-refractivity contribution < 1.29 is 19.4 Å². The first-order chi connectivity index (χ1) is 16.1. The summed E-state index contributed by atoms with van der Waals surface area (Å²) in [5.41, 5.74) is 2.67. The number of carboxylic acids is 1. The fourth-order valence-electron chi connectivity index (χ4n) is 3.72. The Balaban J connectivity index is 1.50. The second-order valence-corrected chi connectivity index (χ2v) is 7.43. The molecule has 0 aliphatic rings. The van der Waals surface area contributed by atoms with Crippen LogP contribution < -0.4 is 14.8 Å². The van der Waals surface area contributed by atoms with Gasteiger partial charge in [-0.15, -0.1) is 0 Å². The molecule has 4 rings (SSSR count). The summed E-state index contributed by atoms with van der Waals surface area (Å²) in [6.07, 6.45) is 2.24. The molecule has 0 spiro atoms. The average molecular weight is 444 g/mol. The number of carboxylic acid groups (broad SMARTS) is 1. The smallest absolute Gasteiger partial charge is 0.339 e. The number of carbonyl (C=O) groups is 1. The van der Waals surface area contributed by atoms with Crippen LogP contribution in [0.4, 0.5) is 5.82 Å². The molecule has 0 bridgehead atoms. The minimum Gasteiger partial charge on any atom is -0.496 e. The van der Waals surface area contributed by atoms with Gasteiger partial charge in [0.2, 0.25) is 0 Å². The third-order valence-electron chi connectivity index (χ3n) is 5.32. The van der Waals surface area contributed by atoms with Crippen LogP contribution in [0.3, 0.4) is 0 Å². The lowest BCUT2D eigenvalue weighted by molar-refractivity contribution is 0.0692. The molecular formula is C26H25N3O4. The summed E-state index contributed by atoms with van der Waals surface area (Å²) < 4.78 is 11.1. The lowest BCUT2D eigenvalue weighted by Gasteiger charge is -2.12. The molecule has 168 valence electrons. The standard InChI is InChI=1S/C26H25N3O4/c1-3-33-24-14-19(8-9-21(24)26(30)31)22-15-25(29-16-28-22)27-11-10-20-12-17-6-4-5-7-18(17)13-23(20)32-2/h4-9,12-16H,3,10-11H2,1-2H3,(H,30,31)(H,27,28,29). The van der Waals surface area contributed by atoms with Crippen molar-refractivity contribution >= 4 is 22.6 Å². The highest BCUT2D eigenvalue weighted by Crippen LogP contribution is 2.28. The van der Waals surface area contributed by atoms with E-state index >= 15 is 0 Å². The first-order valence-electron chi connectivity index (χ1n) is 10.7. The predicted molar refractivity (Wildman–Crippen MR) is 128 cm³/mol. The lowest BCUT2D eigenvalue weighted by atomic mass is 10.0. The monoisotopic (exact) mass is 443 g/mol. The molecule has 0 saturated carbocycles. The number of anilines is 1. The van der Waals surface area contributed by atoms with Crippen LogP contribution in [0.1, 0.15) is 22.8 Å². The van der Waals surface area contributed by atoms with Crippen molar-refractivity contribution in [2.45, 2.75) is 13.3 Å². The van der Waals surface area contributed by atoms with Crippen LogP contribution in [0.15, 0.2) is 67.0 Å². The van der Waals surface area contributed by atoms with Crippen LogP contribution in [0, 0.1) is 0 Å². The van der Waals surface area contributed by atoms with Crippen LogP contribution in [0.5, 0.6) is 11.5 Å². The Bertz CT molecular complexity index is 1290. The van der Waals surface area contributed by atoms with Crippen molar-refractivity contribution in [2.24, 2.45) is 0 Å². The van der Waals surface area contributed by atoms with Gasteiger partial charge < -0.3 is 19.9 Å². The molecule has 7 nitrogen and oxygen atoms in total.